The van der Waals surface area contributed by atoms with E-state index in [-0.39, 0.29) is 0 Å². The topological polar surface area (TPSA) is 60.8 Å². The van der Waals surface area contributed by atoms with E-state index >= 15 is 0 Å². The zero-order valence-corrected chi connectivity index (χ0v) is 34.0. The van der Waals surface area contributed by atoms with Crippen molar-refractivity contribution < 1.29 is 4.74 Å². The first kappa shape index (κ1) is 35.5. The SMILES string of the molecule is c1ccc(-c2nc(-c3ccc(-c4cccc5c4Oc4ccccc4C54c5ccccc5C5(c6ccccc6-c6ccccc65)c5ccccc54)cc3)nc(-c3ccccn3)n2)cc1. The van der Waals surface area contributed by atoms with Crippen LogP contribution in [0.5, 0.6) is 11.5 Å². The third-order valence-corrected chi connectivity index (χ3v) is 13.4. The summed E-state index contributed by atoms with van der Waals surface area (Å²) in [6.45, 7) is 0. The summed E-state index contributed by atoms with van der Waals surface area (Å²) in [7, 11) is 0. The second-order valence-electron chi connectivity index (χ2n) is 16.4. The fourth-order valence-corrected chi connectivity index (χ4v) is 10.9. The molecule has 3 heterocycles. The highest BCUT2D eigenvalue weighted by Crippen LogP contribution is 2.67. The molecular weight excluding hydrogens is 769 g/mol. The van der Waals surface area contributed by atoms with Crippen molar-refractivity contribution in [2.45, 2.75) is 10.8 Å². The molecule has 2 aliphatic carbocycles. The third-order valence-electron chi connectivity index (χ3n) is 13.4. The molecule has 2 aromatic heterocycles. The van der Waals surface area contributed by atoms with Crippen LogP contribution in [0.2, 0.25) is 0 Å². The monoisotopic (exact) mass is 804 g/mol. The molecule has 13 rings (SSSR count). The molecule has 5 nitrogen and oxygen atoms in total. The summed E-state index contributed by atoms with van der Waals surface area (Å²) in [5, 5.41) is 0. The molecule has 63 heavy (non-hydrogen) atoms. The standard InChI is InChI=1S/C58H36N4O/c1-2-17-38(18-3-1)54-60-55(62-56(61-54)51-30-14-15-36-59-51)39-34-32-37(33-35-39)40-21-16-29-50-53(40)63-52-31-13-12-28-49(52)58(50)47-26-10-8-24-45(47)57(46-25-9-11-27-48(46)58)43-22-6-4-19-41(43)42-20-5-7-23-44(42)57/h1-36H. The van der Waals surface area contributed by atoms with E-state index in [9.17, 15) is 0 Å². The zero-order chi connectivity index (χ0) is 41.5. The number of ether oxygens (including phenoxy) is 1. The first-order chi connectivity index (χ1) is 31.2. The van der Waals surface area contributed by atoms with E-state index in [0.29, 0.717) is 23.2 Å². The maximum Gasteiger partial charge on any atom is 0.182 e. The summed E-state index contributed by atoms with van der Waals surface area (Å²) < 4.78 is 7.15. The molecule has 294 valence electrons. The van der Waals surface area contributed by atoms with E-state index in [1.54, 1.807) is 6.20 Å². The van der Waals surface area contributed by atoms with Crippen LogP contribution in [0.25, 0.3) is 56.5 Å². The van der Waals surface area contributed by atoms with Crippen LogP contribution in [0.15, 0.2) is 219 Å². The number of nitrogens with zero attached hydrogens (tertiary/aromatic N) is 4. The molecule has 0 saturated heterocycles. The molecule has 3 aliphatic rings. The minimum Gasteiger partial charge on any atom is -0.456 e. The molecule has 0 radical (unpaired) electrons. The smallest absolute Gasteiger partial charge is 0.182 e. The van der Waals surface area contributed by atoms with Crippen molar-refractivity contribution in [2.24, 2.45) is 0 Å². The van der Waals surface area contributed by atoms with Crippen LogP contribution in [-0.4, -0.2) is 19.9 Å². The van der Waals surface area contributed by atoms with Gasteiger partial charge in [-0.1, -0.05) is 194 Å². The molecule has 0 saturated carbocycles. The highest BCUT2D eigenvalue weighted by Gasteiger charge is 2.58. The van der Waals surface area contributed by atoms with Gasteiger partial charge >= 0.3 is 0 Å². The fourth-order valence-electron chi connectivity index (χ4n) is 10.9. The maximum atomic E-state index is 7.15. The molecule has 8 aromatic carbocycles. The Morgan fingerprint density at radius 1 is 0.302 bits per heavy atom. The molecule has 2 spiro atoms. The Morgan fingerprint density at radius 2 is 0.746 bits per heavy atom. The van der Waals surface area contributed by atoms with Crippen LogP contribution in [-0.2, 0) is 10.8 Å². The number of rotatable bonds is 4. The lowest BCUT2D eigenvalue weighted by atomic mass is 9.51. The Bertz CT molecular complexity index is 3280. The number of pyridine rings is 1. The van der Waals surface area contributed by atoms with E-state index < -0.39 is 10.8 Å². The number of hydrogen-bond donors (Lipinski definition) is 0. The van der Waals surface area contributed by atoms with Gasteiger partial charge in [-0.15, -0.1) is 0 Å². The minimum absolute atomic E-state index is 0.516. The molecule has 0 amide bonds. The van der Waals surface area contributed by atoms with Gasteiger partial charge in [0.05, 0.1) is 10.8 Å². The van der Waals surface area contributed by atoms with Crippen LogP contribution >= 0.6 is 0 Å². The lowest BCUT2D eigenvalue weighted by Gasteiger charge is -2.51. The second kappa shape index (κ2) is 13.6. The van der Waals surface area contributed by atoms with Gasteiger partial charge in [0.2, 0.25) is 0 Å². The molecule has 0 atom stereocenters. The van der Waals surface area contributed by atoms with Crippen molar-refractivity contribution >= 4 is 0 Å². The van der Waals surface area contributed by atoms with Crippen molar-refractivity contribution in [3.05, 3.63) is 263 Å². The van der Waals surface area contributed by atoms with Gasteiger partial charge < -0.3 is 4.74 Å². The van der Waals surface area contributed by atoms with Gasteiger partial charge in [0.25, 0.3) is 0 Å². The molecule has 10 aromatic rings. The molecule has 0 N–H and O–H groups in total. The van der Waals surface area contributed by atoms with E-state index in [4.69, 9.17) is 19.7 Å². The summed E-state index contributed by atoms with van der Waals surface area (Å²) in [4.78, 5) is 19.3. The molecular formula is C58H36N4O. The number of aromatic nitrogens is 4. The zero-order valence-electron chi connectivity index (χ0n) is 34.0. The van der Waals surface area contributed by atoms with Crippen molar-refractivity contribution in [1.82, 2.24) is 19.9 Å². The van der Waals surface area contributed by atoms with Crippen LogP contribution in [0.1, 0.15) is 44.5 Å². The van der Waals surface area contributed by atoms with Gasteiger partial charge in [-0.25, -0.2) is 15.0 Å². The highest BCUT2D eigenvalue weighted by molar-refractivity contribution is 5.91. The summed E-state index contributed by atoms with van der Waals surface area (Å²) in [6, 6.07) is 75.8. The summed E-state index contributed by atoms with van der Waals surface area (Å²) in [6.07, 6.45) is 1.76. The molecule has 0 fully saturated rings. The summed E-state index contributed by atoms with van der Waals surface area (Å²) in [5.74, 6) is 3.40. The minimum atomic E-state index is -0.689. The van der Waals surface area contributed by atoms with E-state index in [1.807, 2.05) is 48.5 Å². The normalized spacial score (nSPS) is 14.1. The Labute approximate surface area is 365 Å². The number of hydrogen-bond acceptors (Lipinski definition) is 5. The van der Waals surface area contributed by atoms with E-state index in [1.165, 1.54) is 44.5 Å². The van der Waals surface area contributed by atoms with Gasteiger partial charge in [-0.3, -0.25) is 4.98 Å². The van der Waals surface area contributed by atoms with Gasteiger partial charge in [-0.05, 0) is 68.3 Å². The van der Waals surface area contributed by atoms with Crippen LogP contribution in [0.3, 0.4) is 0 Å². The summed E-state index contributed by atoms with van der Waals surface area (Å²) >= 11 is 0. The molecule has 0 unspecified atom stereocenters. The van der Waals surface area contributed by atoms with Crippen molar-refractivity contribution in [3.8, 4) is 68.0 Å². The van der Waals surface area contributed by atoms with E-state index in [2.05, 4.69) is 169 Å². The largest absolute Gasteiger partial charge is 0.456 e. The quantitative estimate of drug-likeness (QED) is 0.177. The van der Waals surface area contributed by atoms with Crippen molar-refractivity contribution in [1.29, 1.82) is 0 Å². The lowest BCUT2D eigenvalue weighted by Crippen LogP contribution is -2.45. The number of para-hydroxylation sites is 2. The molecule has 5 heteroatoms. The predicted molar refractivity (Wildman–Crippen MR) is 249 cm³/mol. The van der Waals surface area contributed by atoms with Gasteiger partial charge in [0, 0.05) is 34.0 Å². The van der Waals surface area contributed by atoms with Crippen molar-refractivity contribution in [2.75, 3.05) is 0 Å². The Balaban J connectivity index is 1.02. The van der Waals surface area contributed by atoms with Crippen LogP contribution < -0.4 is 4.74 Å². The highest BCUT2D eigenvalue weighted by atomic mass is 16.5. The Hall–Kier alpha value is -8.28. The number of fused-ring (bicyclic) bond motifs is 15. The van der Waals surface area contributed by atoms with Gasteiger partial charge in [0.15, 0.2) is 17.5 Å². The first-order valence-electron chi connectivity index (χ1n) is 21.4. The maximum absolute atomic E-state index is 7.15. The van der Waals surface area contributed by atoms with E-state index in [0.717, 1.165) is 44.9 Å². The number of benzene rings is 8. The Morgan fingerprint density at radius 3 is 1.35 bits per heavy atom. The van der Waals surface area contributed by atoms with Gasteiger partial charge in [-0.2, -0.15) is 0 Å². The first-order valence-corrected chi connectivity index (χ1v) is 21.4. The van der Waals surface area contributed by atoms with Crippen LogP contribution in [0.4, 0.5) is 0 Å². The second-order valence-corrected chi connectivity index (χ2v) is 16.4. The molecule has 0 bridgehead atoms. The van der Waals surface area contributed by atoms with Crippen molar-refractivity contribution in [3.63, 3.8) is 0 Å². The average molecular weight is 805 g/mol. The van der Waals surface area contributed by atoms with Crippen LogP contribution in [0, 0.1) is 0 Å². The third kappa shape index (κ3) is 4.93. The summed E-state index contributed by atoms with van der Waals surface area (Å²) in [5.41, 5.74) is 15.8. The predicted octanol–water partition coefficient (Wildman–Crippen LogP) is 13.1. The van der Waals surface area contributed by atoms with Gasteiger partial charge in [0.1, 0.15) is 17.2 Å². The lowest BCUT2D eigenvalue weighted by molar-refractivity contribution is 0.430. The molecule has 1 aliphatic heterocycles. The Kier molecular flexibility index (Phi) is 7.67. The fraction of sp³-hybridized carbons (Fsp3) is 0.0345. The average Bonchev–Trinajstić information content (AvgIpc) is 3.66.